The Morgan fingerprint density at radius 2 is 1.83 bits per heavy atom. The average Bonchev–Trinajstić information content (AvgIpc) is 2.74. The highest BCUT2D eigenvalue weighted by Crippen LogP contribution is 2.24. The molecule has 1 N–H and O–H groups in total. The Morgan fingerprint density at radius 1 is 1.17 bits per heavy atom. The maximum absolute atomic E-state index is 12.3. The highest BCUT2D eigenvalue weighted by atomic mass is 79.9. The number of benzene rings is 1. The lowest BCUT2D eigenvalue weighted by Gasteiger charge is -2.14. The Hall–Kier alpha value is -2.08. The number of nitrogens with one attached hydrogen (secondary N) is 1. The molecule has 5 nitrogen and oxygen atoms in total. The molecule has 0 aliphatic carbocycles. The van der Waals surface area contributed by atoms with Crippen molar-refractivity contribution in [3.8, 4) is 0 Å². The van der Waals surface area contributed by atoms with Crippen LogP contribution in [0.4, 0.5) is 5.69 Å². The first kappa shape index (κ1) is 18.3. The molecule has 0 saturated heterocycles. The molecule has 0 saturated carbocycles. The van der Waals surface area contributed by atoms with Crippen LogP contribution in [0.1, 0.15) is 39.9 Å². The number of ether oxygens (including phenoxy) is 1. The Kier molecular flexibility index (Phi) is 5.49. The smallest absolute Gasteiger partial charge is 0.342 e. The van der Waals surface area contributed by atoms with Gasteiger partial charge < -0.3 is 14.5 Å². The van der Waals surface area contributed by atoms with Gasteiger partial charge in [0.05, 0.1) is 5.69 Å². The summed E-state index contributed by atoms with van der Waals surface area (Å²) < 4.78 is 11.5. The van der Waals surface area contributed by atoms with Crippen molar-refractivity contribution in [3.63, 3.8) is 0 Å². The summed E-state index contributed by atoms with van der Waals surface area (Å²) in [6.45, 7) is 8.76. The number of carbonyl (C=O) groups excluding carboxylic acids is 2. The summed E-state index contributed by atoms with van der Waals surface area (Å²) in [6.07, 6.45) is -0.931. The predicted octanol–water partition coefficient (Wildman–Crippen LogP) is 4.46. The number of carbonyl (C=O) groups is 2. The SMILES string of the molecule is Cc1ccc(NC(=O)[C@H](C)OC(=O)c2c(C)oc(C)c2C)c(Br)c1. The Balaban J connectivity index is 2.07. The van der Waals surface area contributed by atoms with Gasteiger partial charge in [-0.3, -0.25) is 4.79 Å². The minimum atomic E-state index is -0.931. The van der Waals surface area contributed by atoms with Gasteiger partial charge >= 0.3 is 5.97 Å². The normalized spacial score (nSPS) is 11.9. The van der Waals surface area contributed by atoms with Gasteiger partial charge in [0.25, 0.3) is 5.91 Å². The largest absolute Gasteiger partial charge is 0.465 e. The van der Waals surface area contributed by atoms with E-state index in [4.69, 9.17) is 9.15 Å². The van der Waals surface area contributed by atoms with Crippen LogP contribution >= 0.6 is 15.9 Å². The minimum absolute atomic E-state index is 0.378. The molecule has 0 aliphatic heterocycles. The van der Waals surface area contributed by atoms with Crippen LogP contribution in [0.2, 0.25) is 0 Å². The third kappa shape index (κ3) is 3.87. The summed E-state index contributed by atoms with van der Waals surface area (Å²) >= 11 is 3.40. The molecule has 2 aromatic rings. The summed E-state index contributed by atoms with van der Waals surface area (Å²) in [4.78, 5) is 24.6. The monoisotopic (exact) mass is 393 g/mol. The number of amides is 1. The Bertz CT molecular complexity index is 795. The number of hydrogen-bond donors (Lipinski definition) is 1. The maximum Gasteiger partial charge on any atom is 0.342 e. The summed E-state index contributed by atoms with van der Waals surface area (Å²) in [6, 6.07) is 5.57. The first-order chi connectivity index (χ1) is 11.2. The molecule has 0 bridgehead atoms. The molecule has 1 aromatic carbocycles. The Morgan fingerprint density at radius 3 is 2.38 bits per heavy atom. The van der Waals surface area contributed by atoms with E-state index in [0.29, 0.717) is 22.8 Å². The number of furan rings is 1. The zero-order valence-corrected chi connectivity index (χ0v) is 15.9. The van der Waals surface area contributed by atoms with Crippen molar-refractivity contribution < 1.29 is 18.7 Å². The molecule has 0 aliphatic rings. The molecular weight excluding hydrogens is 374 g/mol. The molecule has 0 unspecified atom stereocenters. The lowest BCUT2D eigenvalue weighted by molar-refractivity contribution is -0.123. The van der Waals surface area contributed by atoms with E-state index in [1.807, 2.05) is 19.1 Å². The second-order valence-electron chi connectivity index (χ2n) is 5.73. The zero-order valence-electron chi connectivity index (χ0n) is 14.3. The van der Waals surface area contributed by atoms with Crippen molar-refractivity contribution >= 4 is 33.5 Å². The number of hydrogen-bond acceptors (Lipinski definition) is 4. The van der Waals surface area contributed by atoms with Gasteiger partial charge in [0.1, 0.15) is 17.1 Å². The van der Waals surface area contributed by atoms with Crippen molar-refractivity contribution in [2.24, 2.45) is 0 Å². The summed E-state index contributed by atoms with van der Waals surface area (Å²) in [5.74, 6) is 0.194. The molecule has 24 heavy (non-hydrogen) atoms. The lowest BCUT2D eigenvalue weighted by Crippen LogP contribution is -2.30. The number of aryl methyl sites for hydroxylation is 3. The fourth-order valence-electron chi connectivity index (χ4n) is 2.32. The molecule has 0 fully saturated rings. The quantitative estimate of drug-likeness (QED) is 0.778. The molecule has 1 amide bonds. The van der Waals surface area contributed by atoms with Crippen molar-refractivity contribution in [1.82, 2.24) is 0 Å². The van der Waals surface area contributed by atoms with Crippen LogP contribution < -0.4 is 5.32 Å². The van der Waals surface area contributed by atoms with Crippen LogP contribution in [0.3, 0.4) is 0 Å². The number of anilines is 1. The predicted molar refractivity (Wildman–Crippen MR) is 95.3 cm³/mol. The van der Waals surface area contributed by atoms with Gasteiger partial charge in [0.2, 0.25) is 0 Å². The molecule has 1 aromatic heterocycles. The van der Waals surface area contributed by atoms with Crippen LogP contribution in [0.25, 0.3) is 0 Å². The summed E-state index contributed by atoms with van der Waals surface area (Å²) in [5.41, 5.74) is 2.80. The molecule has 0 spiro atoms. The van der Waals surface area contributed by atoms with Crippen molar-refractivity contribution in [1.29, 1.82) is 0 Å². The van der Waals surface area contributed by atoms with E-state index < -0.39 is 18.0 Å². The van der Waals surface area contributed by atoms with E-state index in [0.717, 1.165) is 15.6 Å². The number of halogens is 1. The van der Waals surface area contributed by atoms with E-state index in [-0.39, 0.29) is 0 Å². The number of rotatable bonds is 4. The average molecular weight is 394 g/mol. The van der Waals surface area contributed by atoms with Gasteiger partial charge in [0, 0.05) is 10.0 Å². The second-order valence-corrected chi connectivity index (χ2v) is 6.59. The fourth-order valence-corrected chi connectivity index (χ4v) is 2.92. The van der Waals surface area contributed by atoms with Crippen molar-refractivity contribution in [3.05, 3.63) is 50.9 Å². The fraction of sp³-hybridized carbons (Fsp3) is 0.333. The Labute approximate surface area is 149 Å². The van der Waals surface area contributed by atoms with Crippen LogP contribution in [0.15, 0.2) is 27.1 Å². The number of esters is 1. The van der Waals surface area contributed by atoms with Gasteiger partial charge in [-0.05, 0) is 68.2 Å². The first-order valence-corrected chi connectivity index (χ1v) is 8.34. The van der Waals surface area contributed by atoms with Gasteiger partial charge in [-0.2, -0.15) is 0 Å². The highest BCUT2D eigenvalue weighted by Gasteiger charge is 2.24. The van der Waals surface area contributed by atoms with E-state index in [1.165, 1.54) is 6.92 Å². The summed E-state index contributed by atoms with van der Waals surface area (Å²) in [5, 5.41) is 2.74. The lowest BCUT2D eigenvalue weighted by atomic mass is 10.1. The van der Waals surface area contributed by atoms with Crippen molar-refractivity contribution in [2.75, 3.05) is 5.32 Å². The molecule has 1 atom stereocenters. The molecule has 6 heteroatoms. The first-order valence-electron chi connectivity index (χ1n) is 7.55. The van der Waals surface area contributed by atoms with Crippen LogP contribution in [-0.4, -0.2) is 18.0 Å². The zero-order chi connectivity index (χ0) is 18.0. The van der Waals surface area contributed by atoms with E-state index in [2.05, 4.69) is 21.2 Å². The topological polar surface area (TPSA) is 68.5 Å². The molecular formula is C18H20BrNO4. The van der Waals surface area contributed by atoms with Crippen LogP contribution in [-0.2, 0) is 9.53 Å². The van der Waals surface area contributed by atoms with E-state index >= 15 is 0 Å². The summed E-state index contributed by atoms with van der Waals surface area (Å²) in [7, 11) is 0. The van der Waals surface area contributed by atoms with Gasteiger partial charge in [-0.1, -0.05) is 6.07 Å². The third-order valence-electron chi connectivity index (χ3n) is 3.80. The van der Waals surface area contributed by atoms with Gasteiger partial charge in [-0.15, -0.1) is 0 Å². The van der Waals surface area contributed by atoms with E-state index in [9.17, 15) is 9.59 Å². The molecule has 128 valence electrons. The van der Waals surface area contributed by atoms with Crippen LogP contribution in [0.5, 0.6) is 0 Å². The van der Waals surface area contributed by atoms with Crippen molar-refractivity contribution in [2.45, 2.75) is 40.7 Å². The standard InChI is InChI=1S/C18H20BrNO4/c1-9-6-7-15(14(19)8-9)20-17(21)13(5)24-18(22)16-10(2)11(3)23-12(16)4/h6-8,13H,1-5H3,(H,20,21)/t13-/m0/s1. The van der Waals surface area contributed by atoms with Gasteiger partial charge in [-0.25, -0.2) is 4.79 Å². The minimum Gasteiger partial charge on any atom is -0.465 e. The van der Waals surface area contributed by atoms with Gasteiger partial charge in [0.15, 0.2) is 6.10 Å². The van der Waals surface area contributed by atoms with E-state index in [1.54, 1.807) is 26.8 Å². The highest BCUT2D eigenvalue weighted by molar-refractivity contribution is 9.10. The third-order valence-corrected chi connectivity index (χ3v) is 4.46. The maximum atomic E-state index is 12.3. The molecule has 2 rings (SSSR count). The van der Waals surface area contributed by atoms with Crippen LogP contribution in [0, 0.1) is 27.7 Å². The molecule has 1 heterocycles. The molecule has 0 radical (unpaired) electrons. The second kappa shape index (κ2) is 7.21.